The summed E-state index contributed by atoms with van der Waals surface area (Å²) in [5.74, 6) is 3.35. The maximum absolute atomic E-state index is 5.66. The first kappa shape index (κ1) is 23.0. The molecule has 2 N–H and O–H groups in total. The lowest BCUT2D eigenvalue weighted by Gasteiger charge is -2.30. The number of aliphatic imine (C=N–C) groups is 1. The van der Waals surface area contributed by atoms with E-state index in [1.54, 1.807) is 14.2 Å². The van der Waals surface area contributed by atoms with Gasteiger partial charge in [-0.3, -0.25) is 4.90 Å². The zero-order valence-electron chi connectivity index (χ0n) is 19.1. The molecule has 1 saturated heterocycles. The van der Waals surface area contributed by atoms with E-state index in [1.165, 1.54) is 18.4 Å². The van der Waals surface area contributed by atoms with E-state index in [-0.39, 0.29) is 6.04 Å². The fourth-order valence-corrected chi connectivity index (χ4v) is 3.81. The van der Waals surface area contributed by atoms with Gasteiger partial charge in [-0.05, 0) is 38.9 Å². The minimum absolute atomic E-state index is 0.199. The Bertz CT molecular complexity index is 846. The zero-order valence-corrected chi connectivity index (χ0v) is 19.1. The summed E-state index contributed by atoms with van der Waals surface area (Å²) in [6.07, 6.45) is 2.45. The molecule has 9 heteroatoms. The quantitative estimate of drug-likeness (QED) is 0.337. The smallest absolute Gasteiger partial charge is 0.191 e. The maximum atomic E-state index is 5.66. The lowest BCUT2D eigenvalue weighted by atomic mass is 10.0. The molecule has 2 heterocycles. The number of hydrogen-bond acceptors (Lipinski definition) is 6. The Labute approximate surface area is 184 Å². The average molecular weight is 430 g/mol. The van der Waals surface area contributed by atoms with Crippen molar-refractivity contribution in [3.05, 3.63) is 41.5 Å². The highest BCUT2D eigenvalue weighted by Gasteiger charge is 2.26. The Morgan fingerprint density at radius 1 is 1.16 bits per heavy atom. The summed E-state index contributed by atoms with van der Waals surface area (Å²) < 4.78 is 12.8. The monoisotopic (exact) mass is 429 g/mol. The topological polar surface area (TPSA) is 88.8 Å². The molecule has 1 fully saturated rings. The second kappa shape index (κ2) is 11.7. The van der Waals surface area contributed by atoms with Gasteiger partial charge >= 0.3 is 0 Å². The predicted octanol–water partition coefficient (Wildman–Crippen LogP) is 1.65. The van der Waals surface area contributed by atoms with Crippen LogP contribution in [0.1, 0.15) is 36.1 Å². The first-order chi connectivity index (χ1) is 15.1. The molecule has 1 unspecified atom stereocenters. The van der Waals surface area contributed by atoms with E-state index in [0.29, 0.717) is 19.7 Å². The maximum Gasteiger partial charge on any atom is 0.191 e. The fraction of sp³-hybridized carbons (Fsp3) is 0.591. The molecule has 0 aliphatic carbocycles. The van der Waals surface area contributed by atoms with Crippen LogP contribution in [0.3, 0.4) is 0 Å². The number of para-hydroxylation sites is 1. The number of aryl methyl sites for hydroxylation is 1. The van der Waals surface area contributed by atoms with Crippen molar-refractivity contribution in [2.24, 2.45) is 12.0 Å². The summed E-state index contributed by atoms with van der Waals surface area (Å²) >= 11 is 0. The van der Waals surface area contributed by atoms with Crippen LogP contribution in [0.4, 0.5) is 0 Å². The summed E-state index contributed by atoms with van der Waals surface area (Å²) in [5.41, 5.74) is 1.19. The first-order valence-corrected chi connectivity index (χ1v) is 10.9. The molecule has 0 amide bonds. The van der Waals surface area contributed by atoms with Crippen LogP contribution in [-0.4, -0.2) is 72.6 Å². The van der Waals surface area contributed by atoms with Gasteiger partial charge in [-0.1, -0.05) is 18.2 Å². The van der Waals surface area contributed by atoms with Crippen LogP contribution in [0.2, 0.25) is 0 Å². The van der Waals surface area contributed by atoms with Crippen molar-refractivity contribution in [3.63, 3.8) is 0 Å². The van der Waals surface area contributed by atoms with Crippen LogP contribution in [-0.2, 0) is 18.3 Å². The number of methoxy groups -OCH3 is 2. The van der Waals surface area contributed by atoms with Crippen molar-refractivity contribution < 1.29 is 9.47 Å². The largest absolute Gasteiger partial charge is 0.496 e. The van der Waals surface area contributed by atoms with Crippen molar-refractivity contribution in [1.29, 1.82) is 0 Å². The summed E-state index contributed by atoms with van der Waals surface area (Å²) in [6, 6.07) is 8.47. The van der Waals surface area contributed by atoms with E-state index in [1.807, 2.05) is 30.7 Å². The van der Waals surface area contributed by atoms with Gasteiger partial charge in [-0.15, -0.1) is 10.2 Å². The minimum Gasteiger partial charge on any atom is -0.496 e. The van der Waals surface area contributed by atoms with Gasteiger partial charge in [-0.25, -0.2) is 4.99 Å². The van der Waals surface area contributed by atoms with Crippen molar-refractivity contribution in [3.8, 4) is 5.75 Å². The molecule has 1 aliphatic heterocycles. The number of likely N-dealkylation sites (tertiary alicyclic amines) is 1. The van der Waals surface area contributed by atoms with Crippen molar-refractivity contribution >= 4 is 5.96 Å². The van der Waals surface area contributed by atoms with E-state index in [4.69, 9.17) is 14.5 Å². The average Bonchev–Trinajstić information content (AvgIpc) is 3.43. The highest BCUT2D eigenvalue weighted by Crippen LogP contribution is 2.31. The van der Waals surface area contributed by atoms with Gasteiger partial charge in [0, 0.05) is 32.8 Å². The Morgan fingerprint density at radius 3 is 2.61 bits per heavy atom. The third kappa shape index (κ3) is 6.18. The lowest BCUT2D eigenvalue weighted by Crippen LogP contribution is -2.43. The standard InChI is InChI=1S/C22H35N7O2/c1-17-26-27-21(28(17)2)16-25-22(23-11-14-30-3)24-15-19(29-12-7-8-13-29)18-9-5-6-10-20(18)31-4/h5-6,9-10,19H,7-8,11-16H2,1-4H3,(H2,23,24,25). The molecule has 3 rings (SSSR count). The number of aromatic nitrogens is 3. The highest BCUT2D eigenvalue weighted by atomic mass is 16.5. The van der Waals surface area contributed by atoms with Gasteiger partial charge in [0.1, 0.15) is 18.1 Å². The Kier molecular flexibility index (Phi) is 8.66. The third-order valence-electron chi connectivity index (χ3n) is 5.70. The molecule has 0 spiro atoms. The van der Waals surface area contributed by atoms with Crippen molar-refractivity contribution in [2.75, 3.05) is 47.0 Å². The molecule has 1 aromatic heterocycles. The van der Waals surface area contributed by atoms with E-state index >= 15 is 0 Å². The third-order valence-corrected chi connectivity index (χ3v) is 5.70. The summed E-state index contributed by atoms with van der Waals surface area (Å²) in [4.78, 5) is 7.26. The second-order valence-electron chi connectivity index (χ2n) is 7.69. The summed E-state index contributed by atoms with van der Waals surface area (Å²) in [7, 11) is 5.38. The molecule has 0 radical (unpaired) electrons. The van der Waals surface area contributed by atoms with Gasteiger partial charge < -0.3 is 24.7 Å². The van der Waals surface area contributed by atoms with Crippen LogP contribution in [0, 0.1) is 6.92 Å². The molecule has 1 atom stereocenters. The number of benzene rings is 1. The first-order valence-electron chi connectivity index (χ1n) is 10.9. The normalized spacial score (nSPS) is 15.8. The predicted molar refractivity (Wildman–Crippen MR) is 121 cm³/mol. The number of nitrogens with zero attached hydrogens (tertiary/aromatic N) is 5. The fourth-order valence-electron chi connectivity index (χ4n) is 3.81. The van der Waals surface area contributed by atoms with Crippen LogP contribution < -0.4 is 15.4 Å². The van der Waals surface area contributed by atoms with Crippen LogP contribution in [0.25, 0.3) is 0 Å². The highest BCUT2D eigenvalue weighted by molar-refractivity contribution is 5.79. The van der Waals surface area contributed by atoms with Gasteiger partial charge in [-0.2, -0.15) is 0 Å². The Hall–Kier alpha value is -2.65. The summed E-state index contributed by atoms with van der Waals surface area (Å²) in [5, 5.41) is 15.2. The number of ether oxygens (including phenoxy) is 2. The summed E-state index contributed by atoms with van der Waals surface area (Å²) in [6.45, 7) is 6.55. The van der Waals surface area contributed by atoms with Crippen LogP contribution in [0.15, 0.2) is 29.3 Å². The SMILES string of the molecule is COCCNC(=NCc1nnc(C)n1C)NCC(c1ccccc1OC)N1CCCC1. The lowest BCUT2D eigenvalue weighted by molar-refractivity contribution is 0.203. The van der Waals surface area contributed by atoms with E-state index in [2.05, 4.69) is 37.9 Å². The minimum atomic E-state index is 0.199. The van der Waals surface area contributed by atoms with Crippen LogP contribution >= 0.6 is 0 Å². The molecule has 170 valence electrons. The zero-order chi connectivity index (χ0) is 22.1. The molecule has 9 nitrogen and oxygen atoms in total. The molecule has 0 saturated carbocycles. The number of nitrogens with one attached hydrogen (secondary N) is 2. The molecule has 1 aliphatic rings. The number of rotatable bonds is 10. The molecular weight excluding hydrogens is 394 g/mol. The second-order valence-corrected chi connectivity index (χ2v) is 7.69. The van der Waals surface area contributed by atoms with Gasteiger partial charge in [0.2, 0.25) is 0 Å². The Balaban J connectivity index is 1.75. The van der Waals surface area contributed by atoms with Gasteiger partial charge in [0.25, 0.3) is 0 Å². The van der Waals surface area contributed by atoms with Crippen LogP contribution in [0.5, 0.6) is 5.75 Å². The molecular formula is C22H35N7O2. The van der Waals surface area contributed by atoms with Gasteiger partial charge in [0.05, 0.1) is 19.8 Å². The van der Waals surface area contributed by atoms with E-state index in [9.17, 15) is 0 Å². The molecule has 31 heavy (non-hydrogen) atoms. The number of guanidine groups is 1. The molecule has 2 aromatic rings. The van der Waals surface area contributed by atoms with Crippen molar-refractivity contribution in [2.45, 2.75) is 32.4 Å². The molecule has 1 aromatic carbocycles. The van der Waals surface area contributed by atoms with Gasteiger partial charge in [0.15, 0.2) is 11.8 Å². The van der Waals surface area contributed by atoms with E-state index < -0.39 is 0 Å². The Morgan fingerprint density at radius 2 is 1.94 bits per heavy atom. The molecule has 0 bridgehead atoms. The van der Waals surface area contributed by atoms with Crippen molar-refractivity contribution in [1.82, 2.24) is 30.3 Å². The van der Waals surface area contributed by atoms with E-state index in [0.717, 1.165) is 43.0 Å². The number of hydrogen-bond donors (Lipinski definition) is 2.